The number of rotatable bonds is 2. The van der Waals surface area contributed by atoms with E-state index in [1.165, 1.54) is 7.11 Å². The molecule has 15 heavy (non-hydrogen) atoms. The number of carbonyl (C=O) groups excluding carboxylic acids is 2. The molecule has 1 saturated heterocycles. The summed E-state index contributed by atoms with van der Waals surface area (Å²) in [5, 5.41) is 1.31. The van der Waals surface area contributed by atoms with Gasteiger partial charge in [-0.05, 0) is 18.7 Å². The van der Waals surface area contributed by atoms with Gasteiger partial charge >= 0.3 is 5.97 Å². The fourth-order valence-electron chi connectivity index (χ4n) is 0.898. The van der Waals surface area contributed by atoms with E-state index in [1.807, 2.05) is 6.92 Å². The summed E-state index contributed by atoms with van der Waals surface area (Å²) in [4.78, 5) is 26.6. The number of methoxy groups -OCH3 is 1. The van der Waals surface area contributed by atoms with Crippen LogP contribution in [0.3, 0.4) is 0 Å². The predicted octanol–water partition coefficient (Wildman–Crippen LogP) is -0.132. The van der Waals surface area contributed by atoms with E-state index >= 15 is 0 Å². The van der Waals surface area contributed by atoms with Crippen molar-refractivity contribution >= 4 is 28.8 Å². The van der Waals surface area contributed by atoms with Crippen LogP contribution >= 0.6 is 11.8 Å². The summed E-state index contributed by atoms with van der Waals surface area (Å²) >= 11 is 1.06. The standard InChI is InChI=1S/C8H11N3O3S/c1-3-10-8-11(9)7(13)5(15-8)4-6(12)14-2/h4H,3,9H2,1-2H3/b5-4-,10-8?. The minimum atomic E-state index is -0.586. The van der Waals surface area contributed by atoms with Gasteiger partial charge in [-0.2, -0.15) is 0 Å². The first-order valence-electron chi connectivity index (χ1n) is 4.21. The van der Waals surface area contributed by atoms with Gasteiger partial charge in [-0.25, -0.2) is 15.6 Å². The topological polar surface area (TPSA) is 85.0 Å². The van der Waals surface area contributed by atoms with Crippen molar-refractivity contribution in [3.8, 4) is 0 Å². The van der Waals surface area contributed by atoms with Gasteiger partial charge in [0.2, 0.25) is 0 Å². The smallest absolute Gasteiger partial charge is 0.331 e. The maximum absolute atomic E-state index is 11.5. The molecule has 1 aliphatic heterocycles. The molecule has 0 spiro atoms. The second kappa shape index (κ2) is 4.94. The minimum Gasteiger partial charge on any atom is -0.466 e. The van der Waals surface area contributed by atoms with Crippen LogP contribution in [0.15, 0.2) is 16.0 Å². The Morgan fingerprint density at radius 1 is 1.73 bits per heavy atom. The van der Waals surface area contributed by atoms with Gasteiger partial charge in [0, 0.05) is 12.6 Å². The molecule has 0 saturated carbocycles. The van der Waals surface area contributed by atoms with Crippen molar-refractivity contribution in [2.75, 3.05) is 13.7 Å². The number of amides is 1. The number of esters is 1. The highest BCUT2D eigenvalue weighted by molar-refractivity contribution is 8.18. The molecule has 6 nitrogen and oxygen atoms in total. The maximum atomic E-state index is 11.5. The Balaban J connectivity index is 2.89. The average molecular weight is 229 g/mol. The van der Waals surface area contributed by atoms with Gasteiger partial charge in [0.05, 0.1) is 12.0 Å². The Labute approximate surface area is 91.1 Å². The van der Waals surface area contributed by atoms with Crippen molar-refractivity contribution in [2.45, 2.75) is 6.92 Å². The van der Waals surface area contributed by atoms with E-state index in [-0.39, 0.29) is 4.91 Å². The second-order valence-corrected chi connectivity index (χ2v) is 3.57. The number of nitrogens with two attached hydrogens (primary N) is 1. The molecule has 0 atom stereocenters. The third kappa shape index (κ3) is 2.57. The Hall–Kier alpha value is -1.34. The zero-order valence-electron chi connectivity index (χ0n) is 8.39. The van der Waals surface area contributed by atoms with Gasteiger partial charge in [0.1, 0.15) is 0 Å². The summed E-state index contributed by atoms with van der Waals surface area (Å²) in [6, 6.07) is 0. The number of hydrazine groups is 1. The molecule has 0 bridgehead atoms. The van der Waals surface area contributed by atoms with Crippen LogP contribution in [0.25, 0.3) is 0 Å². The summed E-state index contributed by atoms with van der Waals surface area (Å²) < 4.78 is 4.41. The van der Waals surface area contributed by atoms with E-state index in [4.69, 9.17) is 5.84 Å². The lowest BCUT2D eigenvalue weighted by Crippen LogP contribution is -2.36. The lowest BCUT2D eigenvalue weighted by molar-refractivity contribution is -0.135. The minimum absolute atomic E-state index is 0.219. The lowest BCUT2D eigenvalue weighted by atomic mass is 10.4. The van der Waals surface area contributed by atoms with Gasteiger partial charge in [0.25, 0.3) is 5.91 Å². The van der Waals surface area contributed by atoms with Gasteiger partial charge in [-0.1, -0.05) is 0 Å². The molecule has 1 aliphatic rings. The monoisotopic (exact) mass is 229 g/mol. The molecule has 1 amide bonds. The maximum Gasteiger partial charge on any atom is 0.331 e. The Bertz CT molecular complexity index is 351. The normalized spacial score (nSPS) is 21.5. The Morgan fingerprint density at radius 3 is 2.93 bits per heavy atom. The van der Waals surface area contributed by atoms with E-state index in [1.54, 1.807) is 0 Å². The first-order chi connectivity index (χ1) is 7.10. The molecule has 2 N–H and O–H groups in total. The summed E-state index contributed by atoms with van der Waals surface area (Å²) in [6.07, 6.45) is 1.10. The fraction of sp³-hybridized carbons (Fsp3) is 0.375. The van der Waals surface area contributed by atoms with Crippen LogP contribution in [-0.4, -0.2) is 35.7 Å². The van der Waals surface area contributed by atoms with E-state index in [0.29, 0.717) is 11.7 Å². The molecular weight excluding hydrogens is 218 g/mol. The fourth-order valence-corrected chi connectivity index (χ4v) is 1.81. The summed E-state index contributed by atoms with van der Waals surface area (Å²) in [5.74, 6) is 4.42. The number of aliphatic imine (C=N–C) groups is 1. The molecule has 1 heterocycles. The van der Waals surface area contributed by atoms with Gasteiger partial charge in [-0.15, -0.1) is 0 Å². The summed E-state index contributed by atoms with van der Waals surface area (Å²) in [6.45, 7) is 2.35. The molecule has 0 aliphatic carbocycles. The largest absolute Gasteiger partial charge is 0.466 e. The molecule has 0 aromatic heterocycles. The SMILES string of the molecule is CCN=C1S/C(=C\C(=O)OC)C(=O)N1N. The van der Waals surface area contributed by atoms with E-state index in [9.17, 15) is 9.59 Å². The summed E-state index contributed by atoms with van der Waals surface area (Å²) in [7, 11) is 1.24. The molecule has 0 unspecified atom stereocenters. The van der Waals surface area contributed by atoms with Crippen LogP contribution in [0.5, 0.6) is 0 Å². The number of ether oxygens (including phenoxy) is 1. The van der Waals surface area contributed by atoms with Crippen LogP contribution in [-0.2, 0) is 14.3 Å². The van der Waals surface area contributed by atoms with Crippen molar-refractivity contribution in [3.63, 3.8) is 0 Å². The molecule has 0 aromatic rings. The highest BCUT2D eigenvalue weighted by Crippen LogP contribution is 2.28. The van der Waals surface area contributed by atoms with Crippen LogP contribution in [0.2, 0.25) is 0 Å². The van der Waals surface area contributed by atoms with E-state index in [0.717, 1.165) is 22.8 Å². The lowest BCUT2D eigenvalue weighted by Gasteiger charge is -2.05. The second-order valence-electron chi connectivity index (χ2n) is 2.57. The third-order valence-electron chi connectivity index (χ3n) is 1.58. The Kier molecular flexibility index (Phi) is 3.87. The zero-order chi connectivity index (χ0) is 11.4. The Morgan fingerprint density at radius 2 is 2.40 bits per heavy atom. The third-order valence-corrected chi connectivity index (χ3v) is 2.60. The zero-order valence-corrected chi connectivity index (χ0v) is 9.21. The molecule has 7 heteroatoms. The van der Waals surface area contributed by atoms with Crippen molar-refractivity contribution in [2.24, 2.45) is 10.8 Å². The highest BCUT2D eigenvalue weighted by atomic mass is 32.2. The van der Waals surface area contributed by atoms with Gasteiger partial charge < -0.3 is 4.74 Å². The van der Waals surface area contributed by atoms with Crippen molar-refractivity contribution in [1.82, 2.24) is 5.01 Å². The highest BCUT2D eigenvalue weighted by Gasteiger charge is 2.31. The summed E-state index contributed by atoms with van der Waals surface area (Å²) in [5.41, 5.74) is 0. The number of hydrogen-bond donors (Lipinski definition) is 1. The first-order valence-corrected chi connectivity index (χ1v) is 5.03. The number of carbonyl (C=O) groups is 2. The molecule has 1 fully saturated rings. The van der Waals surface area contributed by atoms with Crippen LogP contribution < -0.4 is 5.84 Å². The van der Waals surface area contributed by atoms with Gasteiger partial charge in [0.15, 0.2) is 5.17 Å². The molecular formula is C8H11N3O3S. The number of amidine groups is 1. The predicted molar refractivity (Wildman–Crippen MR) is 56.7 cm³/mol. The van der Waals surface area contributed by atoms with Crippen molar-refractivity contribution in [3.05, 3.63) is 11.0 Å². The first kappa shape index (κ1) is 11.7. The van der Waals surface area contributed by atoms with Crippen LogP contribution in [0, 0.1) is 0 Å². The van der Waals surface area contributed by atoms with E-state index < -0.39 is 11.9 Å². The number of thioether (sulfide) groups is 1. The molecule has 82 valence electrons. The molecule has 0 aromatic carbocycles. The van der Waals surface area contributed by atoms with Crippen molar-refractivity contribution in [1.29, 1.82) is 0 Å². The van der Waals surface area contributed by atoms with Gasteiger partial charge in [-0.3, -0.25) is 9.79 Å². The van der Waals surface area contributed by atoms with Crippen LogP contribution in [0.1, 0.15) is 6.92 Å². The quantitative estimate of drug-likeness (QED) is 0.308. The van der Waals surface area contributed by atoms with Crippen LogP contribution in [0.4, 0.5) is 0 Å². The van der Waals surface area contributed by atoms with E-state index in [2.05, 4.69) is 9.73 Å². The van der Waals surface area contributed by atoms with Crippen molar-refractivity contribution < 1.29 is 14.3 Å². The number of hydrogen-bond acceptors (Lipinski definition) is 6. The average Bonchev–Trinajstić information content (AvgIpc) is 2.47. The molecule has 1 rings (SSSR count). The number of nitrogens with zero attached hydrogens (tertiary/aromatic N) is 2. The molecule has 0 radical (unpaired) electrons.